The molecule has 2 aromatic rings. The Morgan fingerprint density at radius 1 is 0.957 bits per heavy atom. The van der Waals surface area contributed by atoms with Crippen molar-refractivity contribution in [1.29, 1.82) is 0 Å². The summed E-state index contributed by atoms with van der Waals surface area (Å²) in [5.41, 5.74) is 4.25. The third-order valence-corrected chi connectivity index (χ3v) is 4.10. The quantitative estimate of drug-likeness (QED) is 0.854. The van der Waals surface area contributed by atoms with E-state index in [9.17, 15) is 0 Å². The van der Waals surface area contributed by atoms with E-state index < -0.39 is 0 Å². The maximum Gasteiger partial charge on any atom is 0.147 e. The highest BCUT2D eigenvalue weighted by Gasteiger charge is 2.11. The molecule has 1 fully saturated rings. The lowest BCUT2D eigenvalue weighted by molar-refractivity contribution is -0.0719. The molecule has 0 unspecified atom stereocenters. The van der Waals surface area contributed by atoms with Gasteiger partial charge in [-0.15, -0.1) is 5.06 Å². The Morgan fingerprint density at radius 2 is 1.61 bits per heavy atom. The minimum Gasteiger partial charge on any atom is -0.406 e. The molecule has 1 saturated heterocycles. The molecule has 0 saturated carbocycles. The molecule has 1 aliphatic rings. The molecule has 0 amide bonds. The van der Waals surface area contributed by atoms with E-state index in [1.54, 1.807) is 0 Å². The molecule has 1 heterocycles. The van der Waals surface area contributed by atoms with Gasteiger partial charge < -0.3 is 10.2 Å². The van der Waals surface area contributed by atoms with Gasteiger partial charge in [0.05, 0.1) is 0 Å². The van der Waals surface area contributed by atoms with Crippen molar-refractivity contribution in [1.82, 2.24) is 5.06 Å². The number of rotatable bonds is 5. The molecule has 1 N–H and O–H groups in total. The van der Waals surface area contributed by atoms with Gasteiger partial charge in [0.25, 0.3) is 0 Å². The number of nitrogens with zero attached hydrogens (tertiary/aromatic N) is 1. The van der Waals surface area contributed by atoms with Gasteiger partial charge >= 0.3 is 0 Å². The van der Waals surface area contributed by atoms with Crippen LogP contribution in [0.1, 0.15) is 30.4 Å². The van der Waals surface area contributed by atoms with Gasteiger partial charge in [0.1, 0.15) is 5.75 Å². The Labute approximate surface area is 138 Å². The van der Waals surface area contributed by atoms with E-state index in [0.29, 0.717) is 0 Å². The SMILES string of the molecule is C=C(Nc1ccc(C)cc1)c1ccc(ON2CCCCC2)cc1. The highest BCUT2D eigenvalue weighted by atomic mass is 16.7. The normalized spacial score (nSPS) is 15.2. The maximum absolute atomic E-state index is 5.90. The Bertz CT molecular complexity index is 640. The largest absolute Gasteiger partial charge is 0.406 e. The molecule has 0 spiro atoms. The molecule has 3 heteroatoms. The van der Waals surface area contributed by atoms with Crippen LogP contribution in [0.2, 0.25) is 0 Å². The molecule has 0 aliphatic carbocycles. The predicted molar refractivity (Wildman–Crippen MR) is 96.3 cm³/mol. The number of hydrogen-bond acceptors (Lipinski definition) is 3. The number of hydrogen-bond donors (Lipinski definition) is 1. The fraction of sp³-hybridized carbons (Fsp3) is 0.300. The number of aryl methyl sites for hydroxylation is 1. The van der Waals surface area contributed by atoms with Crippen LogP contribution in [-0.4, -0.2) is 18.2 Å². The van der Waals surface area contributed by atoms with Crippen molar-refractivity contribution >= 4 is 11.4 Å². The summed E-state index contributed by atoms with van der Waals surface area (Å²) in [5, 5.41) is 5.39. The van der Waals surface area contributed by atoms with Gasteiger partial charge in [-0.05, 0) is 61.7 Å². The molecular weight excluding hydrogens is 284 g/mol. The summed E-state index contributed by atoms with van der Waals surface area (Å²) >= 11 is 0. The molecule has 3 rings (SSSR count). The molecule has 3 nitrogen and oxygen atoms in total. The Hall–Kier alpha value is -2.26. The van der Waals surface area contributed by atoms with Crippen LogP contribution in [0.5, 0.6) is 5.75 Å². The molecule has 0 atom stereocenters. The van der Waals surface area contributed by atoms with Crippen molar-refractivity contribution < 1.29 is 4.84 Å². The van der Waals surface area contributed by atoms with E-state index >= 15 is 0 Å². The van der Waals surface area contributed by atoms with E-state index in [-0.39, 0.29) is 0 Å². The Kier molecular flexibility index (Phi) is 4.99. The second-order valence-corrected chi connectivity index (χ2v) is 6.07. The highest BCUT2D eigenvalue weighted by molar-refractivity contribution is 5.75. The van der Waals surface area contributed by atoms with Crippen molar-refractivity contribution in [3.63, 3.8) is 0 Å². The maximum atomic E-state index is 5.90. The van der Waals surface area contributed by atoms with Crippen LogP contribution in [0.3, 0.4) is 0 Å². The van der Waals surface area contributed by atoms with E-state index in [1.807, 2.05) is 24.3 Å². The zero-order chi connectivity index (χ0) is 16.1. The van der Waals surface area contributed by atoms with Gasteiger partial charge in [-0.1, -0.05) is 30.7 Å². The van der Waals surface area contributed by atoms with Gasteiger partial charge in [0.2, 0.25) is 0 Å². The van der Waals surface area contributed by atoms with Crippen LogP contribution in [0.4, 0.5) is 5.69 Å². The smallest absolute Gasteiger partial charge is 0.147 e. The fourth-order valence-corrected chi connectivity index (χ4v) is 2.71. The Morgan fingerprint density at radius 3 is 2.26 bits per heavy atom. The van der Waals surface area contributed by atoms with E-state index in [2.05, 4.69) is 48.1 Å². The van der Waals surface area contributed by atoms with Gasteiger partial charge in [0.15, 0.2) is 0 Å². The van der Waals surface area contributed by atoms with Gasteiger partial charge in [-0.2, -0.15) is 0 Å². The van der Waals surface area contributed by atoms with Crippen LogP contribution >= 0.6 is 0 Å². The lowest BCUT2D eigenvalue weighted by Crippen LogP contribution is -2.32. The molecule has 1 aliphatic heterocycles. The van der Waals surface area contributed by atoms with E-state index in [4.69, 9.17) is 4.84 Å². The first-order valence-electron chi connectivity index (χ1n) is 8.27. The van der Waals surface area contributed by atoms with Crippen LogP contribution in [0.15, 0.2) is 55.1 Å². The number of nitrogens with one attached hydrogen (secondary N) is 1. The van der Waals surface area contributed by atoms with Crippen LogP contribution in [-0.2, 0) is 0 Å². The Balaban J connectivity index is 1.59. The zero-order valence-electron chi connectivity index (χ0n) is 13.7. The lowest BCUT2D eigenvalue weighted by Gasteiger charge is -2.26. The van der Waals surface area contributed by atoms with Crippen LogP contribution in [0.25, 0.3) is 5.70 Å². The topological polar surface area (TPSA) is 24.5 Å². The number of piperidine rings is 1. The summed E-state index contributed by atoms with van der Waals surface area (Å²) in [7, 11) is 0. The molecular formula is C20H24N2O. The van der Waals surface area contributed by atoms with Crippen LogP contribution < -0.4 is 10.2 Å². The first-order valence-corrected chi connectivity index (χ1v) is 8.27. The summed E-state index contributed by atoms with van der Waals surface area (Å²) < 4.78 is 0. The summed E-state index contributed by atoms with van der Waals surface area (Å²) in [6.07, 6.45) is 3.74. The van der Waals surface area contributed by atoms with E-state index in [0.717, 1.165) is 35.8 Å². The van der Waals surface area contributed by atoms with Gasteiger partial charge in [-0.3, -0.25) is 0 Å². The lowest BCUT2D eigenvalue weighted by atomic mass is 10.1. The average Bonchev–Trinajstić information content (AvgIpc) is 2.58. The highest BCUT2D eigenvalue weighted by Crippen LogP contribution is 2.21. The summed E-state index contributed by atoms with van der Waals surface area (Å²) in [4.78, 5) is 5.90. The number of benzene rings is 2. The fourth-order valence-electron chi connectivity index (χ4n) is 2.71. The zero-order valence-corrected chi connectivity index (χ0v) is 13.7. The summed E-state index contributed by atoms with van der Waals surface area (Å²) in [6, 6.07) is 16.4. The third-order valence-electron chi connectivity index (χ3n) is 4.10. The first kappa shape index (κ1) is 15.6. The molecule has 120 valence electrons. The minimum atomic E-state index is 0.887. The summed E-state index contributed by atoms with van der Waals surface area (Å²) in [5.74, 6) is 0.888. The second-order valence-electron chi connectivity index (χ2n) is 6.07. The second kappa shape index (κ2) is 7.34. The van der Waals surface area contributed by atoms with E-state index in [1.165, 1.54) is 24.8 Å². The average molecular weight is 308 g/mol. The van der Waals surface area contributed by atoms with Crippen molar-refractivity contribution in [2.45, 2.75) is 26.2 Å². The standard InChI is InChI=1S/C20H24N2O/c1-16-6-10-19(11-7-16)21-17(2)18-8-12-20(13-9-18)23-22-14-4-3-5-15-22/h6-13,21H,2-5,14-15H2,1H3. The molecule has 0 bridgehead atoms. The molecule has 2 aromatic carbocycles. The number of hydroxylamine groups is 2. The summed E-state index contributed by atoms with van der Waals surface area (Å²) in [6.45, 7) is 8.24. The van der Waals surface area contributed by atoms with Crippen molar-refractivity contribution in [3.05, 3.63) is 66.2 Å². The molecule has 23 heavy (non-hydrogen) atoms. The first-order chi connectivity index (χ1) is 11.2. The van der Waals surface area contributed by atoms with Crippen molar-refractivity contribution in [3.8, 4) is 5.75 Å². The molecule has 0 aromatic heterocycles. The van der Waals surface area contributed by atoms with Gasteiger partial charge in [0, 0.05) is 24.5 Å². The van der Waals surface area contributed by atoms with Crippen molar-refractivity contribution in [2.24, 2.45) is 0 Å². The van der Waals surface area contributed by atoms with Crippen molar-refractivity contribution in [2.75, 3.05) is 18.4 Å². The number of anilines is 1. The van der Waals surface area contributed by atoms with Gasteiger partial charge in [-0.25, -0.2) is 0 Å². The van der Waals surface area contributed by atoms with Crippen LogP contribution in [0, 0.1) is 6.92 Å². The minimum absolute atomic E-state index is 0.887. The monoisotopic (exact) mass is 308 g/mol. The molecule has 0 radical (unpaired) electrons. The predicted octanol–water partition coefficient (Wildman–Crippen LogP) is 4.86. The third kappa shape index (κ3) is 4.36.